The molecule has 1 amide bonds. The molecule has 0 aromatic heterocycles. The summed E-state index contributed by atoms with van der Waals surface area (Å²) in [7, 11) is 0. The molecule has 1 aromatic carbocycles. The highest BCUT2D eigenvalue weighted by molar-refractivity contribution is 5.95. The monoisotopic (exact) mass is 291 g/mol. The lowest BCUT2D eigenvalue weighted by atomic mass is 10.1. The summed E-state index contributed by atoms with van der Waals surface area (Å²) in [6.45, 7) is 0.732. The first-order valence-electron chi connectivity index (χ1n) is 6.12. The van der Waals surface area contributed by atoms with Gasteiger partial charge >= 0.3 is 0 Å². The normalized spacial score (nSPS) is 17.9. The summed E-state index contributed by atoms with van der Waals surface area (Å²) in [6, 6.07) is 5.91. The number of nitrogens with one attached hydrogen (secondary N) is 1. The summed E-state index contributed by atoms with van der Waals surface area (Å²) < 4.78 is 5.15. The second kappa shape index (κ2) is 6.17. The van der Waals surface area contributed by atoms with Crippen LogP contribution < -0.4 is 11.3 Å². The number of hydrogen-bond acceptors (Lipinski definition) is 7. The molecule has 9 heteroatoms. The van der Waals surface area contributed by atoms with E-state index in [2.05, 4.69) is 5.43 Å². The van der Waals surface area contributed by atoms with Crippen LogP contribution in [0.2, 0.25) is 0 Å². The number of carbonyl (C=O) groups excluding carboxylic acids is 1. The molecule has 21 heavy (non-hydrogen) atoms. The number of ether oxygens (including phenoxy) is 1. The van der Waals surface area contributed by atoms with Crippen LogP contribution in [0.4, 0.5) is 11.4 Å². The first kappa shape index (κ1) is 14.7. The van der Waals surface area contributed by atoms with Crippen molar-refractivity contribution < 1.29 is 14.5 Å². The minimum absolute atomic E-state index is 0.119. The SMILES string of the molecule is N#CC1CN(C(=O)c2ccc(NN)c([N+](=O)[O-])c2)CCO1. The van der Waals surface area contributed by atoms with Gasteiger partial charge in [0.25, 0.3) is 11.6 Å². The zero-order valence-electron chi connectivity index (χ0n) is 11.0. The third kappa shape index (κ3) is 3.07. The fourth-order valence-electron chi connectivity index (χ4n) is 2.03. The second-order valence-corrected chi connectivity index (χ2v) is 4.37. The van der Waals surface area contributed by atoms with Crippen molar-refractivity contribution in [3.63, 3.8) is 0 Å². The molecule has 2 rings (SSSR count). The van der Waals surface area contributed by atoms with Crippen molar-refractivity contribution in [2.45, 2.75) is 6.10 Å². The van der Waals surface area contributed by atoms with Gasteiger partial charge in [-0.15, -0.1) is 0 Å². The quantitative estimate of drug-likeness (QED) is 0.462. The van der Waals surface area contributed by atoms with E-state index in [4.69, 9.17) is 15.8 Å². The Morgan fingerprint density at radius 2 is 2.38 bits per heavy atom. The van der Waals surface area contributed by atoms with Crippen LogP contribution in [0, 0.1) is 21.4 Å². The van der Waals surface area contributed by atoms with Crippen LogP contribution >= 0.6 is 0 Å². The number of nitrogens with two attached hydrogens (primary N) is 1. The number of nitriles is 1. The number of nitro groups is 1. The molecular formula is C12H13N5O4. The first-order chi connectivity index (χ1) is 10.1. The van der Waals surface area contributed by atoms with Crippen LogP contribution in [-0.2, 0) is 4.74 Å². The van der Waals surface area contributed by atoms with Crippen molar-refractivity contribution in [3.05, 3.63) is 33.9 Å². The zero-order valence-corrected chi connectivity index (χ0v) is 11.0. The van der Waals surface area contributed by atoms with Crippen molar-refractivity contribution in [3.8, 4) is 6.07 Å². The van der Waals surface area contributed by atoms with Crippen molar-refractivity contribution >= 4 is 17.3 Å². The summed E-state index contributed by atoms with van der Waals surface area (Å²) in [4.78, 5) is 24.1. The molecule has 1 unspecified atom stereocenters. The number of hydrogen-bond donors (Lipinski definition) is 2. The van der Waals surface area contributed by atoms with Crippen molar-refractivity contribution in [2.75, 3.05) is 25.1 Å². The number of nitrogen functional groups attached to an aromatic ring is 1. The first-order valence-corrected chi connectivity index (χ1v) is 6.12. The van der Waals surface area contributed by atoms with Gasteiger partial charge in [0.2, 0.25) is 0 Å². The van der Waals surface area contributed by atoms with E-state index in [1.807, 2.05) is 6.07 Å². The zero-order chi connectivity index (χ0) is 15.4. The number of nitro benzene ring substituents is 1. The van der Waals surface area contributed by atoms with E-state index in [0.717, 1.165) is 6.07 Å². The molecule has 1 heterocycles. The van der Waals surface area contributed by atoms with Gasteiger partial charge < -0.3 is 15.1 Å². The van der Waals surface area contributed by atoms with Crippen molar-refractivity contribution in [1.29, 1.82) is 5.26 Å². The fourth-order valence-corrected chi connectivity index (χ4v) is 2.03. The van der Waals surface area contributed by atoms with E-state index in [-0.39, 0.29) is 36.0 Å². The molecule has 9 nitrogen and oxygen atoms in total. The van der Waals surface area contributed by atoms with Gasteiger partial charge in [0, 0.05) is 18.2 Å². The molecule has 0 radical (unpaired) electrons. The molecule has 1 atom stereocenters. The lowest BCUT2D eigenvalue weighted by molar-refractivity contribution is -0.384. The predicted molar refractivity (Wildman–Crippen MR) is 72.2 cm³/mol. The predicted octanol–water partition coefficient (Wildman–Crippen LogP) is 0.245. The smallest absolute Gasteiger partial charge is 0.294 e. The standard InChI is InChI=1S/C12H13N5O4/c13-6-9-7-16(3-4-21-9)12(18)8-1-2-10(15-14)11(5-8)17(19)20/h1-2,5,9,15H,3-4,7,14H2. The molecule has 1 aliphatic heterocycles. The van der Waals surface area contributed by atoms with Gasteiger partial charge in [-0.3, -0.25) is 20.8 Å². The van der Waals surface area contributed by atoms with Gasteiger partial charge in [-0.25, -0.2) is 0 Å². The van der Waals surface area contributed by atoms with E-state index in [1.54, 1.807) is 0 Å². The third-order valence-electron chi connectivity index (χ3n) is 3.09. The minimum Gasteiger partial charge on any atom is -0.360 e. The molecule has 1 aromatic rings. The molecule has 1 fully saturated rings. The average Bonchev–Trinajstić information content (AvgIpc) is 2.53. The maximum absolute atomic E-state index is 12.3. The van der Waals surface area contributed by atoms with E-state index in [0.29, 0.717) is 6.54 Å². The molecule has 110 valence electrons. The molecule has 0 bridgehead atoms. The number of amides is 1. The number of nitrogens with zero attached hydrogens (tertiary/aromatic N) is 3. The van der Waals surface area contributed by atoms with Gasteiger partial charge in [-0.05, 0) is 12.1 Å². The maximum atomic E-state index is 12.3. The number of anilines is 1. The van der Waals surface area contributed by atoms with Crippen LogP contribution in [0.15, 0.2) is 18.2 Å². The van der Waals surface area contributed by atoms with E-state index in [9.17, 15) is 14.9 Å². The van der Waals surface area contributed by atoms with Gasteiger partial charge in [0.05, 0.1) is 24.1 Å². The van der Waals surface area contributed by atoms with E-state index >= 15 is 0 Å². The molecular weight excluding hydrogens is 278 g/mol. The summed E-state index contributed by atoms with van der Waals surface area (Å²) in [6.07, 6.45) is -0.678. The average molecular weight is 291 g/mol. The number of carbonyl (C=O) groups is 1. The lowest BCUT2D eigenvalue weighted by Crippen LogP contribution is -2.45. The maximum Gasteiger partial charge on any atom is 0.294 e. The Balaban J connectivity index is 2.25. The lowest BCUT2D eigenvalue weighted by Gasteiger charge is -2.29. The summed E-state index contributed by atoms with van der Waals surface area (Å²) in [5.41, 5.74) is 2.21. The highest BCUT2D eigenvalue weighted by Crippen LogP contribution is 2.25. The highest BCUT2D eigenvalue weighted by atomic mass is 16.6. The molecule has 0 spiro atoms. The van der Waals surface area contributed by atoms with Crippen LogP contribution in [0.25, 0.3) is 0 Å². The molecule has 0 saturated carbocycles. The van der Waals surface area contributed by atoms with Crippen LogP contribution in [-0.4, -0.2) is 41.5 Å². The van der Waals surface area contributed by atoms with E-state index < -0.39 is 11.0 Å². The number of benzene rings is 1. The van der Waals surface area contributed by atoms with Crippen LogP contribution in [0.3, 0.4) is 0 Å². The number of morpholine rings is 1. The van der Waals surface area contributed by atoms with Gasteiger partial charge in [0.15, 0.2) is 6.10 Å². The summed E-state index contributed by atoms with van der Waals surface area (Å²) in [5, 5.41) is 19.8. The van der Waals surface area contributed by atoms with Crippen molar-refractivity contribution in [2.24, 2.45) is 5.84 Å². The van der Waals surface area contributed by atoms with Crippen LogP contribution in [0.1, 0.15) is 10.4 Å². The Morgan fingerprint density at radius 1 is 1.62 bits per heavy atom. The third-order valence-corrected chi connectivity index (χ3v) is 3.09. The Hall–Kier alpha value is -2.70. The van der Waals surface area contributed by atoms with E-state index in [1.165, 1.54) is 17.0 Å². The Kier molecular flexibility index (Phi) is 4.32. The minimum atomic E-state index is -0.678. The van der Waals surface area contributed by atoms with Crippen LogP contribution in [0.5, 0.6) is 0 Å². The largest absolute Gasteiger partial charge is 0.360 e. The highest BCUT2D eigenvalue weighted by Gasteiger charge is 2.26. The Morgan fingerprint density at radius 3 is 3.00 bits per heavy atom. The van der Waals surface area contributed by atoms with Gasteiger partial charge in [0.1, 0.15) is 5.69 Å². The molecule has 3 N–H and O–H groups in total. The summed E-state index contributed by atoms with van der Waals surface area (Å²) in [5.74, 6) is 4.81. The topological polar surface area (TPSA) is 135 Å². The summed E-state index contributed by atoms with van der Waals surface area (Å²) >= 11 is 0. The number of rotatable bonds is 3. The Labute approximate surface area is 120 Å². The Bertz CT molecular complexity index is 612. The second-order valence-electron chi connectivity index (χ2n) is 4.37. The van der Waals surface area contributed by atoms with Crippen molar-refractivity contribution in [1.82, 2.24) is 4.90 Å². The molecule has 1 saturated heterocycles. The molecule has 0 aliphatic carbocycles. The van der Waals surface area contributed by atoms with Gasteiger partial charge in [-0.1, -0.05) is 0 Å². The number of hydrazine groups is 1. The molecule has 1 aliphatic rings. The fraction of sp³-hybridized carbons (Fsp3) is 0.333. The van der Waals surface area contributed by atoms with Gasteiger partial charge in [-0.2, -0.15) is 5.26 Å².